The molecule has 1 aromatic carbocycles. The van der Waals surface area contributed by atoms with Gasteiger partial charge in [0.15, 0.2) is 17.5 Å². The molecule has 0 amide bonds. The van der Waals surface area contributed by atoms with E-state index in [4.69, 9.17) is 14.5 Å². The first kappa shape index (κ1) is 25.8. The van der Waals surface area contributed by atoms with Crippen molar-refractivity contribution < 1.29 is 9.47 Å². The highest BCUT2D eigenvalue weighted by Crippen LogP contribution is 2.28. The second kappa shape index (κ2) is 14.7. The average Bonchev–Trinajstić information content (AvgIpc) is 2.72. The molecular weight excluding hydrogens is 479 g/mol. The molecule has 0 bridgehead atoms. The Balaban J connectivity index is 0.00000420. The van der Waals surface area contributed by atoms with Gasteiger partial charge in [-0.1, -0.05) is 19.9 Å². The van der Waals surface area contributed by atoms with Gasteiger partial charge in [0, 0.05) is 25.7 Å². The zero-order valence-corrected chi connectivity index (χ0v) is 20.8. The van der Waals surface area contributed by atoms with Crippen LogP contribution in [0.5, 0.6) is 11.5 Å². The van der Waals surface area contributed by atoms with Gasteiger partial charge >= 0.3 is 0 Å². The summed E-state index contributed by atoms with van der Waals surface area (Å²) in [5.74, 6) is 2.45. The molecule has 7 heteroatoms. The predicted octanol–water partition coefficient (Wildman–Crippen LogP) is 4.03. The van der Waals surface area contributed by atoms with Gasteiger partial charge in [-0.05, 0) is 56.8 Å². The van der Waals surface area contributed by atoms with Crippen LogP contribution in [0.4, 0.5) is 0 Å². The zero-order chi connectivity index (χ0) is 20.2. The number of likely N-dealkylation sites (tertiary alicyclic amines) is 1. The highest BCUT2D eigenvalue weighted by Gasteiger charge is 2.19. The Kier molecular flexibility index (Phi) is 13.1. The Morgan fingerprint density at radius 1 is 1.14 bits per heavy atom. The van der Waals surface area contributed by atoms with E-state index in [1.54, 1.807) is 7.11 Å². The molecule has 29 heavy (non-hydrogen) atoms. The van der Waals surface area contributed by atoms with Crippen molar-refractivity contribution in [3.8, 4) is 11.5 Å². The fourth-order valence-corrected chi connectivity index (χ4v) is 3.44. The number of methoxy groups -OCH3 is 1. The predicted molar refractivity (Wildman–Crippen MR) is 132 cm³/mol. The molecule has 0 aliphatic carbocycles. The normalized spacial score (nSPS) is 15.5. The first-order chi connectivity index (χ1) is 13.7. The van der Waals surface area contributed by atoms with Gasteiger partial charge in [0.1, 0.15) is 0 Å². The van der Waals surface area contributed by atoms with Gasteiger partial charge in [0.2, 0.25) is 0 Å². The number of hydrogen-bond acceptors (Lipinski definition) is 4. The number of hydrogen-bond donors (Lipinski definition) is 2. The quantitative estimate of drug-likeness (QED) is 0.278. The van der Waals surface area contributed by atoms with Crippen molar-refractivity contribution in [3.63, 3.8) is 0 Å². The standard InChI is InChI=1S/C22H38N4O2.HI/c1-5-12-26-13-10-19(11-14-26)25-22(23-7-3)24-17-18-8-9-20(28-15-6-2)21(16-18)27-4;/h8-9,16,19H,5-7,10-15,17H2,1-4H3,(H2,23,24,25);1H. The number of nitrogens with one attached hydrogen (secondary N) is 2. The van der Waals surface area contributed by atoms with Gasteiger partial charge in [-0.3, -0.25) is 0 Å². The maximum absolute atomic E-state index is 5.73. The number of halogens is 1. The summed E-state index contributed by atoms with van der Waals surface area (Å²) >= 11 is 0. The Labute approximate surface area is 193 Å². The Hall–Kier alpha value is -1.22. The number of benzene rings is 1. The minimum Gasteiger partial charge on any atom is -0.493 e. The summed E-state index contributed by atoms with van der Waals surface area (Å²) in [6.45, 7) is 12.1. The van der Waals surface area contributed by atoms with Gasteiger partial charge in [0.25, 0.3) is 0 Å². The summed E-state index contributed by atoms with van der Waals surface area (Å²) in [5.41, 5.74) is 1.11. The summed E-state index contributed by atoms with van der Waals surface area (Å²) in [6.07, 6.45) is 4.54. The highest BCUT2D eigenvalue weighted by atomic mass is 127. The number of rotatable bonds is 10. The molecule has 0 saturated carbocycles. The Morgan fingerprint density at radius 3 is 2.52 bits per heavy atom. The van der Waals surface area contributed by atoms with Gasteiger partial charge in [-0.2, -0.15) is 0 Å². The molecule has 0 aromatic heterocycles. The summed E-state index contributed by atoms with van der Waals surface area (Å²) in [5, 5.41) is 6.99. The van der Waals surface area contributed by atoms with Crippen LogP contribution < -0.4 is 20.1 Å². The molecule has 1 aliphatic heterocycles. The average molecular weight is 518 g/mol. The van der Waals surface area contributed by atoms with Crippen molar-refractivity contribution in [1.82, 2.24) is 15.5 Å². The fourth-order valence-electron chi connectivity index (χ4n) is 3.44. The summed E-state index contributed by atoms with van der Waals surface area (Å²) < 4.78 is 11.2. The lowest BCUT2D eigenvalue weighted by Gasteiger charge is -2.32. The monoisotopic (exact) mass is 518 g/mol. The maximum Gasteiger partial charge on any atom is 0.191 e. The van der Waals surface area contributed by atoms with E-state index in [2.05, 4.69) is 42.4 Å². The lowest BCUT2D eigenvalue weighted by atomic mass is 10.1. The first-order valence-corrected chi connectivity index (χ1v) is 10.8. The van der Waals surface area contributed by atoms with E-state index in [0.29, 0.717) is 19.2 Å². The van der Waals surface area contributed by atoms with Crippen LogP contribution in [0.1, 0.15) is 52.0 Å². The van der Waals surface area contributed by atoms with Crippen LogP contribution in [0, 0.1) is 0 Å². The van der Waals surface area contributed by atoms with E-state index in [-0.39, 0.29) is 24.0 Å². The van der Waals surface area contributed by atoms with E-state index in [0.717, 1.165) is 36.0 Å². The molecule has 2 N–H and O–H groups in total. The van der Waals surface area contributed by atoms with E-state index >= 15 is 0 Å². The van der Waals surface area contributed by atoms with E-state index in [1.165, 1.54) is 38.9 Å². The van der Waals surface area contributed by atoms with Crippen LogP contribution in [-0.2, 0) is 6.54 Å². The number of ether oxygens (including phenoxy) is 2. The molecule has 0 spiro atoms. The summed E-state index contributed by atoms with van der Waals surface area (Å²) in [4.78, 5) is 7.34. The Bertz CT molecular complexity index is 604. The minimum atomic E-state index is 0. The molecule has 1 heterocycles. The van der Waals surface area contributed by atoms with Crippen LogP contribution in [0.2, 0.25) is 0 Å². The van der Waals surface area contributed by atoms with Crippen LogP contribution in [-0.4, -0.2) is 56.8 Å². The molecule has 6 nitrogen and oxygen atoms in total. The second-order valence-electron chi connectivity index (χ2n) is 7.29. The second-order valence-corrected chi connectivity index (χ2v) is 7.29. The molecule has 1 saturated heterocycles. The molecule has 166 valence electrons. The molecule has 1 aromatic rings. The van der Waals surface area contributed by atoms with Crippen molar-refractivity contribution in [2.45, 2.75) is 59.0 Å². The third-order valence-corrected chi connectivity index (χ3v) is 4.92. The van der Waals surface area contributed by atoms with Crippen LogP contribution in [0.25, 0.3) is 0 Å². The van der Waals surface area contributed by atoms with Gasteiger partial charge in [-0.15, -0.1) is 24.0 Å². The molecule has 0 atom stereocenters. The topological polar surface area (TPSA) is 58.1 Å². The van der Waals surface area contributed by atoms with Crippen LogP contribution in [0.15, 0.2) is 23.2 Å². The van der Waals surface area contributed by atoms with Crippen molar-refractivity contribution >= 4 is 29.9 Å². The highest BCUT2D eigenvalue weighted by molar-refractivity contribution is 14.0. The lowest BCUT2D eigenvalue weighted by Crippen LogP contribution is -2.48. The Morgan fingerprint density at radius 2 is 1.90 bits per heavy atom. The van der Waals surface area contributed by atoms with Crippen LogP contribution in [0.3, 0.4) is 0 Å². The summed E-state index contributed by atoms with van der Waals surface area (Å²) in [7, 11) is 1.68. The van der Waals surface area contributed by atoms with Crippen LogP contribution >= 0.6 is 24.0 Å². The van der Waals surface area contributed by atoms with Crippen molar-refractivity contribution in [2.75, 3.05) is 39.9 Å². The molecule has 1 fully saturated rings. The van der Waals surface area contributed by atoms with Crippen molar-refractivity contribution in [2.24, 2.45) is 4.99 Å². The van der Waals surface area contributed by atoms with E-state index in [9.17, 15) is 0 Å². The third-order valence-electron chi connectivity index (χ3n) is 4.92. The molecule has 2 rings (SSSR count). The van der Waals surface area contributed by atoms with Gasteiger partial charge in [0.05, 0.1) is 20.3 Å². The van der Waals surface area contributed by atoms with Gasteiger partial charge < -0.3 is 25.0 Å². The first-order valence-electron chi connectivity index (χ1n) is 10.8. The maximum atomic E-state index is 5.73. The zero-order valence-electron chi connectivity index (χ0n) is 18.5. The fraction of sp³-hybridized carbons (Fsp3) is 0.682. The lowest BCUT2D eigenvalue weighted by molar-refractivity contribution is 0.206. The van der Waals surface area contributed by atoms with E-state index in [1.807, 2.05) is 12.1 Å². The number of aliphatic imine (C=N–C) groups is 1. The molecule has 0 unspecified atom stereocenters. The smallest absolute Gasteiger partial charge is 0.191 e. The van der Waals surface area contributed by atoms with Crippen molar-refractivity contribution in [1.29, 1.82) is 0 Å². The number of nitrogens with zero attached hydrogens (tertiary/aromatic N) is 2. The summed E-state index contributed by atoms with van der Waals surface area (Å²) in [6, 6.07) is 6.54. The molecule has 0 radical (unpaired) electrons. The largest absolute Gasteiger partial charge is 0.493 e. The third kappa shape index (κ3) is 8.99. The minimum absolute atomic E-state index is 0. The molecule has 1 aliphatic rings. The van der Waals surface area contributed by atoms with E-state index < -0.39 is 0 Å². The molecular formula is C22H39IN4O2. The number of piperidine rings is 1. The SMILES string of the molecule is CCCOc1ccc(CN=C(NCC)NC2CCN(CCC)CC2)cc1OC.I. The van der Waals surface area contributed by atoms with Crippen molar-refractivity contribution in [3.05, 3.63) is 23.8 Å². The van der Waals surface area contributed by atoms with Gasteiger partial charge in [-0.25, -0.2) is 4.99 Å². The number of guanidine groups is 1.